The van der Waals surface area contributed by atoms with E-state index in [0.29, 0.717) is 39.0 Å². The molecular weight excluding hydrogens is 701 g/mol. The maximum atomic E-state index is 14.5. The van der Waals surface area contributed by atoms with Crippen LogP contribution in [-0.2, 0) is 27.3 Å². The highest BCUT2D eigenvalue weighted by Gasteiger charge is 2.44. The highest BCUT2D eigenvalue weighted by atomic mass is 16.5. The summed E-state index contributed by atoms with van der Waals surface area (Å²) >= 11 is 0. The topological polar surface area (TPSA) is 172 Å². The number of hydrazine groups is 1. The van der Waals surface area contributed by atoms with Crippen LogP contribution in [0.5, 0.6) is 0 Å². The lowest BCUT2D eigenvalue weighted by Gasteiger charge is -2.38. The number of para-hydroxylation sites is 1. The number of alkyl carbamates (subject to hydrolysis) is 1. The molecule has 3 aromatic rings. The Labute approximate surface area is 325 Å². The summed E-state index contributed by atoms with van der Waals surface area (Å²) < 4.78 is 4.79. The number of hydrogen-bond donors (Lipinski definition) is 5. The van der Waals surface area contributed by atoms with Gasteiger partial charge < -0.3 is 30.3 Å². The number of urea groups is 1. The van der Waals surface area contributed by atoms with Crippen molar-refractivity contribution in [3.8, 4) is 0 Å². The first kappa shape index (κ1) is 43.0. The molecule has 2 aromatic carbocycles. The normalized spacial score (nSPS) is 16.2. The Balaban J connectivity index is 1.58. The molecule has 5 N–H and O–H groups in total. The van der Waals surface area contributed by atoms with E-state index in [0.717, 1.165) is 22.2 Å². The first-order valence-electron chi connectivity index (χ1n) is 19.1. The van der Waals surface area contributed by atoms with Crippen molar-refractivity contribution in [2.24, 2.45) is 16.2 Å². The predicted molar refractivity (Wildman–Crippen MR) is 213 cm³/mol. The number of ether oxygens (including phenoxy) is 1. The van der Waals surface area contributed by atoms with Crippen LogP contribution in [0, 0.1) is 16.2 Å². The number of nitrogens with zero attached hydrogens (tertiary/aromatic N) is 4. The second kappa shape index (κ2) is 17.8. The summed E-state index contributed by atoms with van der Waals surface area (Å²) in [5.74, 6) is -0.842. The van der Waals surface area contributed by atoms with Crippen LogP contribution in [0.3, 0.4) is 0 Å². The molecule has 55 heavy (non-hydrogen) atoms. The van der Waals surface area contributed by atoms with Crippen LogP contribution in [0.25, 0.3) is 10.9 Å². The highest BCUT2D eigenvalue weighted by molar-refractivity contribution is 5.89. The van der Waals surface area contributed by atoms with Crippen LogP contribution >= 0.6 is 0 Å². The maximum absolute atomic E-state index is 14.5. The maximum Gasteiger partial charge on any atom is 0.407 e. The first-order valence-corrected chi connectivity index (χ1v) is 19.1. The molecule has 1 aliphatic rings. The minimum Gasteiger partial charge on any atom is -0.453 e. The summed E-state index contributed by atoms with van der Waals surface area (Å²) in [7, 11) is 1.24. The summed E-state index contributed by atoms with van der Waals surface area (Å²) in [6, 6.07) is 14.5. The van der Waals surface area contributed by atoms with Gasteiger partial charge in [-0.1, -0.05) is 111 Å². The molecule has 5 amide bonds. The van der Waals surface area contributed by atoms with E-state index in [4.69, 9.17) is 4.74 Å². The second-order valence-electron chi connectivity index (χ2n) is 17.9. The smallest absolute Gasteiger partial charge is 0.407 e. The number of carbonyl (C=O) groups is 4. The van der Waals surface area contributed by atoms with Crippen LogP contribution in [-0.4, -0.2) is 112 Å². The zero-order chi connectivity index (χ0) is 40.7. The molecule has 0 bridgehead atoms. The van der Waals surface area contributed by atoms with Gasteiger partial charge in [0.05, 0.1) is 37.0 Å². The molecule has 4 atom stereocenters. The third-order valence-electron chi connectivity index (χ3n) is 9.87. The van der Waals surface area contributed by atoms with Crippen molar-refractivity contribution in [1.29, 1.82) is 0 Å². The third kappa shape index (κ3) is 11.9. The van der Waals surface area contributed by atoms with Gasteiger partial charge in [0.15, 0.2) is 0 Å². The molecule has 4 rings (SSSR count). The molecule has 1 aromatic heterocycles. The van der Waals surface area contributed by atoms with Gasteiger partial charge >= 0.3 is 12.1 Å². The Bertz CT molecular complexity index is 1760. The van der Waals surface area contributed by atoms with Crippen LogP contribution in [0.2, 0.25) is 0 Å². The molecule has 1 fully saturated rings. The highest BCUT2D eigenvalue weighted by Crippen LogP contribution is 2.30. The SMILES string of the molecule is COC(=O)N[C@H](C(=O)NN(CCC(C)(C)C)C[C@H](O)[C@H](Cc1ccccc1)NC(=O)[C@@H](N1CCN(Cc2[nH]nc3ccccc23)C1=O)C(C)(C)C)C(C)(C)C. The number of H-pyrrole nitrogens is 1. The van der Waals surface area contributed by atoms with E-state index >= 15 is 0 Å². The number of amides is 5. The molecule has 302 valence electrons. The minimum absolute atomic E-state index is 0.0244. The van der Waals surface area contributed by atoms with Crippen LogP contribution in [0.4, 0.5) is 9.59 Å². The number of fused-ring (bicyclic) bond motifs is 1. The lowest BCUT2D eigenvalue weighted by Crippen LogP contribution is -2.61. The second-order valence-corrected chi connectivity index (χ2v) is 17.9. The summed E-state index contributed by atoms with van der Waals surface area (Å²) in [5.41, 5.74) is 4.08. The van der Waals surface area contributed by atoms with Gasteiger partial charge in [-0.05, 0) is 40.7 Å². The number of benzene rings is 2. The van der Waals surface area contributed by atoms with E-state index in [2.05, 4.69) is 47.0 Å². The molecule has 1 aliphatic heterocycles. The zero-order valence-electron chi connectivity index (χ0n) is 34.2. The predicted octanol–water partition coefficient (Wildman–Crippen LogP) is 4.84. The molecule has 0 unspecified atom stereocenters. The van der Waals surface area contributed by atoms with Gasteiger partial charge in [0.1, 0.15) is 12.1 Å². The average Bonchev–Trinajstić information content (AvgIpc) is 3.67. The number of methoxy groups -OCH3 is 1. The number of aliphatic hydroxyl groups excluding tert-OH is 1. The van der Waals surface area contributed by atoms with Gasteiger partial charge in [0.2, 0.25) is 5.91 Å². The molecule has 0 radical (unpaired) electrons. The van der Waals surface area contributed by atoms with Crippen molar-refractivity contribution in [1.82, 2.24) is 41.1 Å². The van der Waals surface area contributed by atoms with E-state index in [1.54, 1.807) is 14.8 Å². The number of nitrogens with one attached hydrogen (secondary N) is 4. The molecule has 2 heterocycles. The third-order valence-corrected chi connectivity index (χ3v) is 9.87. The van der Waals surface area contributed by atoms with Gasteiger partial charge in [0, 0.05) is 31.6 Å². The van der Waals surface area contributed by atoms with E-state index in [9.17, 15) is 24.3 Å². The monoisotopic (exact) mass is 762 g/mol. The first-order chi connectivity index (χ1) is 25.7. The Kier molecular flexibility index (Phi) is 14.0. The number of aliphatic hydroxyl groups is 1. The summed E-state index contributed by atoms with van der Waals surface area (Å²) in [5, 5.41) is 27.8. The van der Waals surface area contributed by atoms with Crippen molar-refractivity contribution in [2.75, 3.05) is 33.3 Å². The van der Waals surface area contributed by atoms with Crippen molar-refractivity contribution in [2.45, 2.75) is 106 Å². The molecule has 14 nitrogen and oxygen atoms in total. The Morgan fingerprint density at radius 3 is 2.18 bits per heavy atom. The summed E-state index contributed by atoms with van der Waals surface area (Å²) in [6.45, 7) is 19.0. The number of rotatable bonds is 15. The number of aromatic amines is 1. The van der Waals surface area contributed by atoms with Gasteiger partial charge in [-0.15, -0.1) is 0 Å². The van der Waals surface area contributed by atoms with E-state index in [-0.39, 0.29) is 23.9 Å². The number of carbonyl (C=O) groups excluding carboxylic acids is 4. The fourth-order valence-electron chi connectivity index (χ4n) is 6.82. The molecule has 0 spiro atoms. The standard InChI is InChI=1S/C41H62N8O6/c1-39(2,3)20-21-48(46-35(51)33(40(4,5)6)43-37(53)55-10)26-32(50)30(24-27-16-12-11-13-17-27)42-36(52)34(41(7,8)9)49-23-22-47(38(49)54)25-31-28-18-14-15-19-29(28)44-45-31/h11-19,30,32-34,50H,20-26H2,1-10H3,(H,42,52)(H,43,53)(H,44,45)(H,46,51)/t30-,32-,33+,34+/m0/s1. The molecular formula is C41H62N8O6. The van der Waals surface area contributed by atoms with Crippen molar-refractivity contribution in [3.05, 3.63) is 65.9 Å². The minimum atomic E-state index is -1.15. The molecule has 14 heteroatoms. The Morgan fingerprint density at radius 2 is 1.56 bits per heavy atom. The Morgan fingerprint density at radius 1 is 0.909 bits per heavy atom. The van der Waals surface area contributed by atoms with E-state index in [1.807, 2.05) is 96.1 Å². The molecule has 1 saturated heterocycles. The largest absolute Gasteiger partial charge is 0.453 e. The van der Waals surface area contributed by atoms with Crippen LogP contribution in [0.1, 0.15) is 80.0 Å². The lowest BCUT2D eigenvalue weighted by molar-refractivity contribution is -0.133. The Hall–Kier alpha value is -4.69. The van der Waals surface area contributed by atoms with Gasteiger partial charge in [-0.2, -0.15) is 5.10 Å². The fourth-order valence-corrected chi connectivity index (χ4v) is 6.82. The van der Waals surface area contributed by atoms with Gasteiger partial charge in [-0.25, -0.2) is 14.6 Å². The number of hydrogen-bond acceptors (Lipinski definition) is 8. The van der Waals surface area contributed by atoms with Crippen molar-refractivity contribution < 1.29 is 29.0 Å². The average molecular weight is 763 g/mol. The molecule has 0 saturated carbocycles. The van der Waals surface area contributed by atoms with E-state index in [1.165, 1.54) is 7.11 Å². The van der Waals surface area contributed by atoms with Gasteiger partial charge in [-0.3, -0.25) is 20.1 Å². The van der Waals surface area contributed by atoms with Crippen LogP contribution in [0.15, 0.2) is 54.6 Å². The van der Waals surface area contributed by atoms with Crippen molar-refractivity contribution in [3.63, 3.8) is 0 Å². The summed E-state index contributed by atoms with van der Waals surface area (Å²) in [4.78, 5) is 57.8. The van der Waals surface area contributed by atoms with E-state index < -0.39 is 47.1 Å². The van der Waals surface area contributed by atoms with Crippen LogP contribution < -0.4 is 16.1 Å². The fraction of sp³-hybridized carbons (Fsp3) is 0.585. The van der Waals surface area contributed by atoms with Gasteiger partial charge in [0.25, 0.3) is 5.91 Å². The quantitative estimate of drug-likeness (QED) is 0.137. The zero-order valence-corrected chi connectivity index (χ0v) is 34.2. The summed E-state index contributed by atoms with van der Waals surface area (Å²) in [6.07, 6.45) is -0.905. The lowest BCUT2D eigenvalue weighted by atomic mass is 9.84. The molecule has 0 aliphatic carbocycles. The number of aromatic nitrogens is 2. The van der Waals surface area contributed by atoms with Crippen molar-refractivity contribution >= 4 is 34.8 Å².